The first-order chi connectivity index (χ1) is 8.99. The Balaban J connectivity index is 2.26. The molecule has 0 spiro atoms. The van der Waals surface area contributed by atoms with Crippen molar-refractivity contribution in [2.75, 3.05) is 12.4 Å². The number of aromatic nitrogens is 1. The fourth-order valence-electron chi connectivity index (χ4n) is 1.48. The third kappa shape index (κ3) is 3.21. The Labute approximate surface area is 118 Å². The summed E-state index contributed by atoms with van der Waals surface area (Å²) in [4.78, 5) is 16.0. The van der Waals surface area contributed by atoms with E-state index in [0.29, 0.717) is 21.4 Å². The monoisotopic (exact) mass is 300 g/mol. The molecule has 0 amide bonds. The van der Waals surface area contributed by atoms with Crippen molar-refractivity contribution in [3.8, 4) is 0 Å². The lowest BCUT2D eigenvalue weighted by molar-refractivity contribution is 0.0605. The van der Waals surface area contributed by atoms with Crippen LogP contribution in [0.5, 0.6) is 0 Å². The summed E-state index contributed by atoms with van der Waals surface area (Å²) in [6.07, 6.45) is 0. The molecule has 0 unspecified atom stereocenters. The van der Waals surface area contributed by atoms with Gasteiger partial charge in [-0.15, -0.1) is 0 Å². The number of hydrogen-bond donors (Lipinski definition) is 1. The Morgan fingerprint density at radius 1 is 1.47 bits per heavy atom. The molecule has 0 radical (unpaired) electrons. The Hall–Kier alpha value is -1.66. The van der Waals surface area contributed by atoms with Crippen LogP contribution in [0.15, 0.2) is 18.2 Å². The number of aryl methyl sites for hydroxylation is 1. The molecule has 0 aliphatic carbocycles. The lowest BCUT2D eigenvalue weighted by atomic mass is 10.3. The van der Waals surface area contributed by atoms with Crippen LogP contribution < -0.4 is 5.32 Å². The number of nitrogens with one attached hydrogen (secondary N) is 1. The molecule has 1 aromatic heterocycles. The second kappa shape index (κ2) is 5.54. The molecule has 1 aromatic carbocycles. The Morgan fingerprint density at radius 3 is 2.84 bits per heavy atom. The van der Waals surface area contributed by atoms with Crippen molar-refractivity contribution in [3.63, 3.8) is 0 Å². The fourth-order valence-corrected chi connectivity index (χ4v) is 2.61. The summed E-state index contributed by atoms with van der Waals surface area (Å²) in [6.45, 7) is 1.70. The zero-order valence-corrected chi connectivity index (χ0v) is 11.7. The highest BCUT2D eigenvalue weighted by Gasteiger charge is 2.15. The van der Waals surface area contributed by atoms with Gasteiger partial charge in [-0.1, -0.05) is 22.9 Å². The standard InChI is InChI=1S/C12H10ClFN2O2S/c1-6-10(11(17)18-2)19-12(15-6)16-9-4-7(13)3-8(14)5-9/h3-5H,1-2H3,(H,15,16). The molecule has 2 rings (SSSR count). The summed E-state index contributed by atoms with van der Waals surface area (Å²) >= 11 is 6.89. The van der Waals surface area contributed by atoms with Gasteiger partial charge >= 0.3 is 5.97 Å². The van der Waals surface area contributed by atoms with Gasteiger partial charge in [-0.2, -0.15) is 0 Å². The molecule has 1 N–H and O–H groups in total. The molecular formula is C12H10ClFN2O2S. The van der Waals surface area contributed by atoms with E-state index in [0.717, 1.165) is 11.3 Å². The molecule has 4 nitrogen and oxygen atoms in total. The molecule has 0 atom stereocenters. The Kier molecular flexibility index (Phi) is 4.01. The van der Waals surface area contributed by atoms with Crippen LogP contribution in [0.2, 0.25) is 5.02 Å². The number of ether oxygens (including phenoxy) is 1. The largest absolute Gasteiger partial charge is 0.465 e. The molecule has 0 bridgehead atoms. The number of rotatable bonds is 3. The van der Waals surface area contributed by atoms with Crippen molar-refractivity contribution in [1.82, 2.24) is 4.98 Å². The third-order valence-corrected chi connectivity index (χ3v) is 3.55. The number of hydrogen-bond acceptors (Lipinski definition) is 5. The van der Waals surface area contributed by atoms with Crippen LogP contribution in [0.25, 0.3) is 0 Å². The number of methoxy groups -OCH3 is 1. The first-order valence-corrected chi connectivity index (χ1v) is 6.48. The van der Waals surface area contributed by atoms with Gasteiger partial charge in [-0.05, 0) is 25.1 Å². The number of esters is 1. The quantitative estimate of drug-likeness (QED) is 0.877. The number of carbonyl (C=O) groups excluding carboxylic acids is 1. The van der Waals surface area contributed by atoms with Crippen molar-refractivity contribution in [2.24, 2.45) is 0 Å². The highest BCUT2D eigenvalue weighted by Crippen LogP contribution is 2.27. The van der Waals surface area contributed by atoms with Crippen LogP contribution >= 0.6 is 22.9 Å². The Morgan fingerprint density at radius 2 is 2.21 bits per heavy atom. The Bertz CT molecular complexity index is 610. The molecule has 0 fully saturated rings. The number of anilines is 2. The first-order valence-electron chi connectivity index (χ1n) is 5.28. The maximum Gasteiger partial charge on any atom is 0.350 e. The van der Waals surface area contributed by atoms with Gasteiger partial charge in [0.1, 0.15) is 10.7 Å². The molecule has 0 saturated heterocycles. The number of halogens is 2. The minimum absolute atomic E-state index is 0.281. The van der Waals surface area contributed by atoms with Crippen molar-refractivity contribution >= 4 is 39.7 Å². The zero-order chi connectivity index (χ0) is 14.0. The summed E-state index contributed by atoms with van der Waals surface area (Å²) in [6, 6.07) is 4.07. The molecule has 0 saturated carbocycles. The van der Waals surface area contributed by atoms with E-state index in [1.165, 1.54) is 19.2 Å². The van der Waals surface area contributed by atoms with Crippen LogP contribution in [0.1, 0.15) is 15.4 Å². The SMILES string of the molecule is COC(=O)c1sc(Nc2cc(F)cc(Cl)c2)nc1C. The summed E-state index contributed by atoms with van der Waals surface area (Å²) in [5, 5.41) is 3.65. The minimum Gasteiger partial charge on any atom is -0.465 e. The van der Waals surface area contributed by atoms with Crippen molar-refractivity contribution in [3.05, 3.63) is 39.6 Å². The van der Waals surface area contributed by atoms with Crippen molar-refractivity contribution in [2.45, 2.75) is 6.92 Å². The van der Waals surface area contributed by atoms with Crippen LogP contribution in [0.3, 0.4) is 0 Å². The summed E-state index contributed by atoms with van der Waals surface area (Å²) in [7, 11) is 1.31. The molecule has 2 aromatic rings. The van der Waals surface area contributed by atoms with E-state index in [1.807, 2.05) is 0 Å². The summed E-state index contributed by atoms with van der Waals surface area (Å²) in [5.41, 5.74) is 1.03. The molecule has 7 heteroatoms. The van der Waals surface area contributed by atoms with Gasteiger partial charge in [0, 0.05) is 10.7 Å². The van der Waals surface area contributed by atoms with Crippen LogP contribution in [-0.2, 0) is 4.74 Å². The van der Waals surface area contributed by atoms with E-state index in [4.69, 9.17) is 11.6 Å². The highest BCUT2D eigenvalue weighted by atomic mass is 35.5. The van der Waals surface area contributed by atoms with Crippen molar-refractivity contribution < 1.29 is 13.9 Å². The van der Waals surface area contributed by atoms with Gasteiger partial charge in [0.25, 0.3) is 0 Å². The third-order valence-electron chi connectivity index (χ3n) is 2.28. The normalized spacial score (nSPS) is 10.3. The van der Waals surface area contributed by atoms with Gasteiger partial charge in [-0.3, -0.25) is 0 Å². The lowest BCUT2D eigenvalue weighted by Gasteiger charge is -2.03. The van der Waals surface area contributed by atoms with E-state index < -0.39 is 11.8 Å². The van der Waals surface area contributed by atoms with Crippen molar-refractivity contribution in [1.29, 1.82) is 0 Å². The second-order valence-corrected chi connectivity index (χ2v) is 5.14. The average molecular weight is 301 g/mol. The van der Waals surface area contributed by atoms with E-state index in [1.54, 1.807) is 13.0 Å². The maximum absolute atomic E-state index is 13.2. The highest BCUT2D eigenvalue weighted by molar-refractivity contribution is 7.17. The molecule has 0 aliphatic heterocycles. The summed E-state index contributed by atoms with van der Waals surface area (Å²) in [5.74, 6) is -0.892. The second-order valence-electron chi connectivity index (χ2n) is 3.71. The number of thiazole rings is 1. The molecule has 1 heterocycles. The summed E-state index contributed by atoms with van der Waals surface area (Å²) < 4.78 is 17.8. The van der Waals surface area contributed by atoms with Gasteiger partial charge in [0.2, 0.25) is 0 Å². The molecule has 100 valence electrons. The molecule has 0 aliphatic rings. The van der Waals surface area contributed by atoms with Crippen LogP contribution in [-0.4, -0.2) is 18.1 Å². The van der Waals surface area contributed by atoms with Gasteiger partial charge in [0.05, 0.1) is 12.8 Å². The predicted molar refractivity (Wildman–Crippen MR) is 72.9 cm³/mol. The molecular weight excluding hydrogens is 291 g/mol. The number of nitrogens with zero attached hydrogens (tertiary/aromatic N) is 1. The van der Waals surface area contributed by atoms with Gasteiger partial charge < -0.3 is 10.1 Å². The number of carbonyl (C=O) groups is 1. The van der Waals surface area contributed by atoms with E-state index in [2.05, 4.69) is 15.0 Å². The molecule has 19 heavy (non-hydrogen) atoms. The average Bonchev–Trinajstić information content (AvgIpc) is 2.68. The lowest BCUT2D eigenvalue weighted by Crippen LogP contribution is -1.99. The fraction of sp³-hybridized carbons (Fsp3) is 0.167. The maximum atomic E-state index is 13.2. The van der Waals surface area contributed by atoms with E-state index >= 15 is 0 Å². The minimum atomic E-state index is -0.448. The van der Waals surface area contributed by atoms with E-state index in [9.17, 15) is 9.18 Å². The van der Waals surface area contributed by atoms with Crippen LogP contribution in [0, 0.1) is 12.7 Å². The topological polar surface area (TPSA) is 51.2 Å². The van der Waals surface area contributed by atoms with Crippen LogP contribution in [0.4, 0.5) is 15.2 Å². The van der Waals surface area contributed by atoms with E-state index in [-0.39, 0.29) is 5.02 Å². The first kappa shape index (κ1) is 13.8. The van der Waals surface area contributed by atoms with Gasteiger partial charge in [-0.25, -0.2) is 14.2 Å². The zero-order valence-electron chi connectivity index (χ0n) is 10.2. The smallest absolute Gasteiger partial charge is 0.350 e. The van der Waals surface area contributed by atoms with Gasteiger partial charge in [0.15, 0.2) is 5.13 Å². The number of benzene rings is 1. The predicted octanol–water partition coefficient (Wildman–Crippen LogP) is 3.77.